The molecule has 0 bridgehead atoms. The predicted octanol–water partition coefficient (Wildman–Crippen LogP) is 1.61. The molecule has 1 aliphatic heterocycles. The Morgan fingerprint density at radius 3 is 2.55 bits per heavy atom. The van der Waals surface area contributed by atoms with E-state index in [9.17, 15) is 0 Å². The van der Waals surface area contributed by atoms with Crippen LogP contribution in [-0.2, 0) is 0 Å². The van der Waals surface area contributed by atoms with Gasteiger partial charge in [0.15, 0.2) is 5.96 Å². The highest BCUT2D eigenvalue weighted by atomic mass is 15.3. The minimum atomic E-state index is 0.465. The first kappa shape index (κ1) is 19.2. The lowest BCUT2D eigenvalue weighted by molar-refractivity contribution is 0.119. The summed E-state index contributed by atoms with van der Waals surface area (Å²) in [4.78, 5) is 9.64. The number of nitrogens with zero attached hydrogens (tertiary/aromatic N) is 3. The number of hydrogen-bond donors (Lipinski definition) is 2. The fourth-order valence-corrected chi connectivity index (χ4v) is 2.70. The molecule has 2 atom stereocenters. The zero-order valence-corrected chi connectivity index (χ0v) is 15.5. The van der Waals surface area contributed by atoms with E-state index in [0.717, 1.165) is 44.6 Å². The van der Waals surface area contributed by atoms with E-state index >= 15 is 0 Å². The van der Waals surface area contributed by atoms with Crippen LogP contribution in [0, 0.1) is 5.92 Å². The van der Waals surface area contributed by atoms with E-state index < -0.39 is 0 Å². The van der Waals surface area contributed by atoms with Crippen LogP contribution in [0.15, 0.2) is 4.99 Å². The van der Waals surface area contributed by atoms with Gasteiger partial charge in [-0.25, -0.2) is 0 Å². The molecule has 0 spiro atoms. The summed E-state index contributed by atoms with van der Waals surface area (Å²) >= 11 is 0. The van der Waals surface area contributed by atoms with E-state index in [1.807, 2.05) is 0 Å². The van der Waals surface area contributed by atoms with Crippen LogP contribution in [0.4, 0.5) is 0 Å². The highest BCUT2D eigenvalue weighted by molar-refractivity contribution is 5.80. The first-order valence-corrected chi connectivity index (χ1v) is 8.86. The molecule has 22 heavy (non-hydrogen) atoms. The summed E-state index contributed by atoms with van der Waals surface area (Å²) in [5, 5.41) is 6.92. The van der Waals surface area contributed by atoms with Crippen LogP contribution in [0.5, 0.6) is 0 Å². The molecule has 0 aromatic carbocycles. The molecule has 1 heterocycles. The van der Waals surface area contributed by atoms with Gasteiger partial charge in [0.2, 0.25) is 0 Å². The molecule has 1 aliphatic rings. The van der Waals surface area contributed by atoms with Crippen molar-refractivity contribution in [1.29, 1.82) is 0 Å². The number of hydrogen-bond acceptors (Lipinski definition) is 3. The van der Waals surface area contributed by atoms with E-state index in [0.29, 0.717) is 12.1 Å². The Morgan fingerprint density at radius 1 is 1.18 bits per heavy atom. The van der Waals surface area contributed by atoms with Crippen LogP contribution in [0.3, 0.4) is 0 Å². The Hall–Kier alpha value is -0.810. The number of aliphatic imine (C=N–C) groups is 1. The first-order chi connectivity index (χ1) is 10.4. The monoisotopic (exact) mass is 311 g/mol. The molecule has 5 heteroatoms. The van der Waals surface area contributed by atoms with Crippen molar-refractivity contribution < 1.29 is 0 Å². The van der Waals surface area contributed by atoms with Gasteiger partial charge in [-0.2, -0.15) is 0 Å². The Labute approximate surface area is 137 Å². The third kappa shape index (κ3) is 7.45. The minimum absolute atomic E-state index is 0.465. The SMILES string of the molecule is CCNC(=NCC1CN(C)CCN1C)NC(C)CCC(C)C. The van der Waals surface area contributed by atoms with Crippen molar-refractivity contribution in [1.82, 2.24) is 20.4 Å². The van der Waals surface area contributed by atoms with E-state index in [1.54, 1.807) is 0 Å². The third-order valence-corrected chi connectivity index (χ3v) is 4.34. The number of piperazine rings is 1. The normalized spacial score (nSPS) is 22.9. The van der Waals surface area contributed by atoms with Gasteiger partial charge in [0.1, 0.15) is 0 Å². The number of rotatable bonds is 7. The molecular formula is C17H37N5. The van der Waals surface area contributed by atoms with E-state index in [1.165, 1.54) is 12.8 Å². The fraction of sp³-hybridized carbons (Fsp3) is 0.941. The van der Waals surface area contributed by atoms with Gasteiger partial charge in [-0.15, -0.1) is 0 Å². The number of likely N-dealkylation sites (N-methyl/N-ethyl adjacent to an activating group) is 2. The van der Waals surface area contributed by atoms with Crippen LogP contribution in [0.2, 0.25) is 0 Å². The molecular weight excluding hydrogens is 274 g/mol. The maximum atomic E-state index is 4.82. The van der Waals surface area contributed by atoms with E-state index in [-0.39, 0.29) is 0 Å². The quantitative estimate of drug-likeness (QED) is 0.554. The molecule has 2 unspecified atom stereocenters. The van der Waals surface area contributed by atoms with Crippen molar-refractivity contribution in [3.8, 4) is 0 Å². The Kier molecular flexibility index (Phi) is 8.79. The zero-order valence-electron chi connectivity index (χ0n) is 15.5. The van der Waals surface area contributed by atoms with Crippen molar-refractivity contribution in [2.45, 2.75) is 52.6 Å². The molecule has 1 rings (SSSR count). The average Bonchev–Trinajstić information content (AvgIpc) is 2.46. The van der Waals surface area contributed by atoms with E-state index in [2.05, 4.69) is 62.2 Å². The Bertz CT molecular complexity index is 329. The van der Waals surface area contributed by atoms with Crippen molar-refractivity contribution in [2.75, 3.05) is 46.8 Å². The van der Waals surface area contributed by atoms with Crippen molar-refractivity contribution in [3.05, 3.63) is 0 Å². The molecule has 0 aliphatic carbocycles. The fourth-order valence-electron chi connectivity index (χ4n) is 2.70. The van der Waals surface area contributed by atoms with Gasteiger partial charge >= 0.3 is 0 Å². The lowest BCUT2D eigenvalue weighted by Crippen LogP contribution is -2.52. The van der Waals surface area contributed by atoms with Crippen molar-refractivity contribution >= 4 is 5.96 Å². The predicted molar refractivity (Wildman–Crippen MR) is 96.6 cm³/mol. The van der Waals surface area contributed by atoms with E-state index in [4.69, 9.17) is 4.99 Å². The molecule has 0 aromatic rings. The lowest BCUT2D eigenvalue weighted by atomic mass is 10.0. The molecule has 0 aromatic heterocycles. The molecule has 1 saturated heterocycles. The minimum Gasteiger partial charge on any atom is -0.357 e. The summed E-state index contributed by atoms with van der Waals surface area (Å²) in [6.07, 6.45) is 2.44. The summed E-state index contributed by atoms with van der Waals surface area (Å²) in [7, 11) is 4.40. The highest BCUT2D eigenvalue weighted by Gasteiger charge is 2.21. The molecule has 2 N–H and O–H groups in total. The van der Waals surface area contributed by atoms with Gasteiger partial charge in [0, 0.05) is 38.3 Å². The third-order valence-electron chi connectivity index (χ3n) is 4.34. The first-order valence-electron chi connectivity index (χ1n) is 8.86. The highest BCUT2D eigenvalue weighted by Crippen LogP contribution is 2.07. The van der Waals surface area contributed by atoms with Gasteiger partial charge in [0.25, 0.3) is 0 Å². The molecule has 5 nitrogen and oxygen atoms in total. The number of nitrogens with one attached hydrogen (secondary N) is 2. The zero-order chi connectivity index (χ0) is 16.5. The summed E-state index contributed by atoms with van der Waals surface area (Å²) in [5.74, 6) is 1.72. The molecule has 0 saturated carbocycles. The second kappa shape index (κ2) is 10.1. The number of guanidine groups is 1. The largest absolute Gasteiger partial charge is 0.357 e. The average molecular weight is 312 g/mol. The van der Waals surface area contributed by atoms with Gasteiger partial charge in [-0.1, -0.05) is 13.8 Å². The topological polar surface area (TPSA) is 42.9 Å². The molecule has 0 radical (unpaired) electrons. The maximum Gasteiger partial charge on any atom is 0.191 e. The lowest BCUT2D eigenvalue weighted by Gasteiger charge is -2.37. The van der Waals surface area contributed by atoms with Gasteiger partial charge in [0.05, 0.1) is 6.54 Å². The summed E-state index contributed by atoms with van der Waals surface area (Å²) < 4.78 is 0. The van der Waals surface area contributed by atoms with Crippen LogP contribution < -0.4 is 10.6 Å². The molecule has 1 fully saturated rings. The maximum absolute atomic E-state index is 4.82. The van der Waals surface area contributed by atoms with Gasteiger partial charge < -0.3 is 15.5 Å². The summed E-state index contributed by atoms with van der Waals surface area (Å²) in [5.41, 5.74) is 0. The second-order valence-corrected chi connectivity index (χ2v) is 7.13. The van der Waals surface area contributed by atoms with Crippen LogP contribution in [0.25, 0.3) is 0 Å². The standard InChI is InChI=1S/C17H37N5/c1-7-18-17(20-15(4)9-8-14(2)3)19-12-16-13-21(5)10-11-22(16)6/h14-16H,7-13H2,1-6H3,(H2,18,19,20). The smallest absolute Gasteiger partial charge is 0.191 e. The summed E-state index contributed by atoms with van der Waals surface area (Å²) in [6, 6.07) is 0.979. The second-order valence-electron chi connectivity index (χ2n) is 7.13. The van der Waals surface area contributed by atoms with Crippen LogP contribution >= 0.6 is 0 Å². The van der Waals surface area contributed by atoms with Crippen molar-refractivity contribution in [2.24, 2.45) is 10.9 Å². The Balaban J connectivity index is 2.49. The molecule has 130 valence electrons. The van der Waals surface area contributed by atoms with Gasteiger partial charge in [-0.05, 0) is 46.7 Å². The summed E-state index contributed by atoms with van der Waals surface area (Å²) in [6.45, 7) is 14.1. The van der Waals surface area contributed by atoms with Crippen LogP contribution in [-0.4, -0.2) is 74.7 Å². The molecule has 0 amide bonds. The van der Waals surface area contributed by atoms with Gasteiger partial charge in [-0.3, -0.25) is 9.89 Å². The van der Waals surface area contributed by atoms with Crippen molar-refractivity contribution in [3.63, 3.8) is 0 Å². The Morgan fingerprint density at radius 2 is 1.91 bits per heavy atom. The van der Waals surface area contributed by atoms with Crippen LogP contribution in [0.1, 0.15) is 40.5 Å².